The maximum Gasteiger partial charge on any atom is 0.401 e. The van der Waals surface area contributed by atoms with Gasteiger partial charge in [-0.05, 0) is 18.4 Å². The summed E-state index contributed by atoms with van der Waals surface area (Å²) >= 11 is 0. The molecule has 1 fully saturated rings. The lowest BCUT2D eigenvalue weighted by Gasteiger charge is -2.32. The van der Waals surface area contributed by atoms with E-state index in [4.69, 9.17) is 5.11 Å². The van der Waals surface area contributed by atoms with Crippen LogP contribution in [0.3, 0.4) is 0 Å². The highest BCUT2D eigenvalue weighted by atomic mass is 19.4. The molecule has 0 heterocycles. The van der Waals surface area contributed by atoms with Crippen molar-refractivity contribution in [3.05, 3.63) is 35.9 Å². The Hall–Kier alpha value is -1.56. The normalized spacial score (nSPS) is 17.2. The van der Waals surface area contributed by atoms with Gasteiger partial charge in [0.05, 0.1) is 13.0 Å². The zero-order valence-electron chi connectivity index (χ0n) is 10.8. The van der Waals surface area contributed by atoms with Crippen LogP contribution in [0.1, 0.15) is 30.9 Å². The third-order valence-corrected chi connectivity index (χ3v) is 3.33. The van der Waals surface area contributed by atoms with Gasteiger partial charge in [0.1, 0.15) is 0 Å². The number of alkyl halides is 3. The molecule has 20 heavy (non-hydrogen) atoms. The number of carboxylic acids is 1. The molecule has 0 aliphatic heterocycles. The first kappa shape index (κ1) is 14.8. The molecule has 1 unspecified atom stereocenters. The van der Waals surface area contributed by atoms with Gasteiger partial charge in [0.15, 0.2) is 0 Å². The Kier molecular flexibility index (Phi) is 4.32. The van der Waals surface area contributed by atoms with Crippen molar-refractivity contribution in [1.82, 2.24) is 4.90 Å². The fourth-order valence-corrected chi connectivity index (χ4v) is 2.37. The van der Waals surface area contributed by atoms with Gasteiger partial charge >= 0.3 is 12.1 Å². The topological polar surface area (TPSA) is 40.5 Å². The largest absolute Gasteiger partial charge is 0.481 e. The molecular weight excluding hydrogens is 271 g/mol. The summed E-state index contributed by atoms with van der Waals surface area (Å²) in [6, 6.07) is 7.64. The van der Waals surface area contributed by atoms with Gasteiger partial charge in [0.25, 0.3) is 0 Å². The van der Waals surface area contributed by atoms with E-state index in [1.54, 1.807) is 30.3 Å². The number of benzene rings is 1. The van der Waals surface area contributed by atoms with Gasteiger partial charge in [-0.3, -0.25) is 9.69 Å². The average molecular weight is 287 g/mol. The van der Waals surface area contributed by atoms with Gasteiger partial charge in [-0.1, -0.05) is 30.3 Å². The Morgan fingerprint density at radius 2 is 1.90 bits per heavy atom. The minimum atomic E-state index is -4.33. The molecule has 0 radical (unpaired) electrons. The standard InChI is InChI=1S/C14H16F3NO2/c15-14(16,17)9-18(11-6-7-11)12(8-13(19)20)10-4-2-1-3-5-10/h1-5,11-12H,6-9H2,(H,19,20). The lowest BCUT2D eigenvalue weighted by atomic mass is 10.0. The van der Waals surface area contributed by atoms with Crippen LogP contribution in [0.5, 0.6) is 0 Å². The van der Waals surface area contributed by atoms with Crippen molar-refractivity contribution in [3.63, 3.8) is 0 Å². The molecule has 0 saturated heterocycles. The van der Waals surface area contributed by atoms with Crippen LogP contribution in [0.4, 0.5) is 13.2 Å². The molecule has 1 aromatic carbocycles. The molecule has 1 N–H and O–H groups in total. The zero-order valence-corrected chi connectivity index (χ0v) is 10.8. The number of carboxylic acid groups (broad SMARTS) is 1. The van der Waals surface area contributed by atoms with Crippen molar-refractivity contribution in [1.29, 1.82) is 0 Å². The molecule has 1 aliphatic rings. The summed E-state index contributed by atoms with van der Waals surface area (Å²) in [6.07, 6.45) is -3.26. The van der Waals surface area contributed by atoms with Gasteiger partial charge in [-0.15, -0.1) is 0 Å². The van der Waals surface area contributed by atoms with Crippen molar-refractivity contribution >= 4 is 5.97 Å². The Morgan fingerprint density at radius 1 is 1.30 bits per heavy atom. The lowest BCUT2D eigenvalue weighted by Crippen LogP contribution is -2.39. The Balaban J connectivity index is 2.25. The van der Waals surface area contributed by atoms with Gasteiger partial charge < -0.3 is 5.11 Å². The van der Waals surface area contributed by atoms with Gasteiger partial charge in [0, 0.05) is 12.1 Å². The third-order valence-electron chi connectivity index (χ3n) is 3.33. The lowest BCUT2D eigenvalue weighted by molar-refractivity contribution is -0.157. The molecule has 110 valence electrons. The first-order valence-electron chi connectivity index (χ1n) is 6.46. The average Bonchev–Trinajstić information content (AvgIpc) is 3.17. The predicted molar refractivity (Wildman–Crippen MR) is 67.2 cm³/mol. The van der Waals surface area contributed by atoms with E-state index in [1.807, 2.05) is 0 Å². The van der Waals surface area contributed by atoms with Crippen molar-refractivity contribution in [2.75, 3.05) is 6.54 Å². The second-order valence-corrected chi connectivity index (χ2v) is 5.04. The summed E-state index contributed by atoms with van der Waals surface area (Å²) in [4.78, 5) is 12.3. The summed E-state index contributed by atoms with van der Waals surface area (Å²) in [5.41, 5.74) is 0.617. The Morgan fingerprint density at radius 3 is 2.35 bits per heavy atom. The molecule has 6 heteroatoms. The molecule has 1 atom stereocenters. The van der Waals surface area contributed by atoms with Crippen LogP contribution in [-0.4, -0.2) is 34.7 Å². The molecular formula is C14H16F3NO2. The summed E-state index contributed by atoms with van der Waals surface area (Å²) in [6.45, 7) is -1.06. The van der Waals surface area contributed by atoms with Crippen molar-refractivity contribution < 1.29 is 23.1 Å². The van der Waals surface area contributed by atoms with E-state index in [-0.39, 0.29) is 12.5 Å². The SMILES string of the molecule is O=C(O)CC(c1ccccc1)N(CC(F)(F)F)C1CC1. The van der Waals surface area contributed by atoms with Crippen molar-refractivity contribution in [2.45, 2.75) is 37.5 Å². The number of hydrogen-bond acceptors (Lipinski definition) is 2. The minimum Gasteiger partial charge on any atom is -0.481 e. The fourth-order valence-electron chi connectivity index (χ4n) is 2.37. The van der Waals surface area contributed by atoms with Crippen LogP contribution < -0.4 is 0 Å². The van der Waals surface area contributed by atoms with Gasteiger partial charge in [0.2, 0.25) is 0 Å². The monoisotopic (exact) mass is 287 g/mol. The van der Waals surface area contributed by atoms with Crippen LogP contribution >= 0.6 is 0 Å². The van der Waals surface area contributed by atoms with E-state index < -0.39 is 24.7 Å². The predicted octanol–water partition coefficient (Wildman–Crippen LogP) is 3.23. The summed E-state index contributed by atoms with van der Waals surface area (Å²) in [5.74, 6) is -1.09. The van der Waals surface area contributed by atoms with E-state index in [0.717, 1.165) is 0 Å². The van der Waals surface area contributed by atoms with E-state index in [0.29, 0.717) is 18.4 Å². The summed E-state index contributed by atoms with van der Waals surface area (Å²) < 4.78 is 38.2. The molecule has 1 saturated carbocycles. The second-order valence-electron chi connectivity index (χ2n) is 5.04. The van der Waals surface area contributed by atoms with Gasteiger partial charge in [-0.25, -0.2) is 0 Å². The number of halogens is 3. The fraction of sp³-hybridized carbons (Fsp3) is 0.500. The van der Waals surface area contributed by atoms with Crippen LogP contribution in [0, 0.1) is 0 Å². The number of nitrogens with zero attached hydrogens (tertiary/aromatic N) is 1. The smallest absolute Gasteiger partial charge is 0.401 e. The molecule has 0 spiro atoms. The minimum absolute atomic E-state index is 0.166. The van der Waals surface area contributed by atoms with Gasteiger partial charge in [-0.2, -0.15) is 13.2 Å². The van der Waals surface area contributed by atoms with Crippen molar-refractivity contribution in [2.24, 2.45) is 0 Å². The summed E-state index contributed by atoms with van der Waals surface area (Å²) in [7, 11) is 0. The molecule has 0 amide bonds. The summed E-state index contributed by atoms with van der Waals surface area (Å²) in [5, 5.41) is 8.99. The number of carbonyl (C=O) groups is 1. The number of hydrogen-bond donors (Lipinski definition) is 1. The van der Waals surface area contributed by atoms with Crippen LogP contribution in [0.2, 0.25) is 0 Å². The third kappa shape index (κ3) is 4.23. The first-order chi connectivity index (χ1) is 9.37. The second kappa shape index (κ2) is 5.83. The van der Waals surface area contributed by atoms with Crippen molar-refractivity contribution in [3.8, 4) is 0 Å². The maximum atomic E-state index is 12.7. The van der Waals surface area contributed by atoms with E-state index >= 15 is 0 Å². The van der Waals surface area contributed by atoms with E-state index in [2.05, 4.69) is 0 Å². The molecule has 3 nitrogen and oxygen atoms in total. The highest BCUT2D eigenvalue weighted by molar-refractivity contribution is 5.68. The molecule has 0 aromatic heterocycles. The van der Waals surface area contributed by atoms with Crippen LogP contribution in [0.15, 0.2) is 30.3 Å². The van der Waals surface area contributed by atoms with E-state index in [1.165, 1.54) is 4.90 Å². The molecule has 2 rings (SSSR count). The Bertz CT molecular complexity index is 457. The number of rotatable bonds is 6. The molecule has 1 aliphatic carbocycles. The van der Waals surface area contributed by atoms with Crippen LogP contribution in [-0.2, 0) is 4.79 Å². The zero-order chi connectivity index (χ0) is 14.8. The van der Waals surface area contributed by atoms with Crippen LogP contribution in [0.25, 0.3) is 0 Å². The first-order valence-corrected chi connectivity index (χ1v) is 6.46. The highest BCUT2D eigenvalue weighted by Gasteiger charge is 2.42. The number of aliphatic carboxylic acids is 1. The maximum absolute atomic E-state index is 12.7. The molecule has 0 bridgehead atoms. The highest BCUT2D eigenvalue weighted by Crippen LogP contribution is 2.38. The Labute approximate surface area is 115 Å². The molecule has 1 aromatic rings. The quantitative estimate of drug-likeness (QED) is 0.873. The van der Waals surface area contributed by atoms with E-state index in [9.17, 15) is 18.0 Å².